The molecular weight excluding hydrogens is 240 g/mol. The first-order valence-electron chi connectivity index (χ1n) is 7.94. The Labute approximate surface area is 118 Å². The van der Waals surface area contributed by atoms with E-state index in [1.54, 1.807) is 0 Å². The van der Waals surface area contributed by atoms with Crippen molar-refractivity contribution < 1.29 is 14.6 Å². The van der Waals surface area contributed by atoms with Crippen molar-refractivity contribution in [2.75, 3.05) is 6.61 Å². The first kappa shape index (κ1) is 18.4. The van der Waals surface area contributed by atoms with Crippen LogP contribution >= 0.6 is 0 Å². The summed E-state index contributed by atoms with van der Waals surface area (Å²) in [4.78, 5) is 11.3. The van der Waals surface area contributed by atoms with Crippen LogP contribution in [0.2, 0.25) is 0 Å². The fourth-order valence-electron chi connectivity index (χ4n) is 2.44. The highest BCUT2D eigenvalue weighted by molar-refractivity contribution is 5.70. The first-order chi connectivity index (χ1) is 9.10. The van der Waals surface area contributed by atoms with Crippen molar-refractivity contribution >= 4 is 5.97 Å². The normalized spacial score (nSPS) is 16.0. The number of carboxylic acid groups (broad SMARTS) is 1. The van der Waals surface area contributed by atoms with Crippen molar-refractivity contribution in [2.45, 2.75) is 78.7 Å². The molecule has 3 atom stereocenters. The topological polar surface area (TPSA) is 46.5 Å². The number of carbonyl (C=O) groups is 1. The molecule has 19 heavy (non-hydrogen) atoms. The molecule has 3 heteroatoms. The maximum absolute atomic E-state index is 11.3. The van der Waals surface area contributed by atoms with E-state index in [0.717, 1.165) is 19.3 Å². The summed E-state index contributed by atoms with van der Waals surface area (Å²) < 4.78 is 5.97. The van der Waals surface area contributed by atoms with Crippen LogP contribution in [0, 0.1) is 11.8 Å². The standard InChI is InChI=1S/C16H32O3/c1-5-9-11-13(7-3)12-19-15(10-6-2)14(8-4)16(17)18/h13-15H,5-12H2,1-4H3,(H,17,18). The largest absolute Gasteiger partial charge is 0.481 e. The highest BCUT2D eigenvalue weighted by Gasteiger charge is 2.27. The van der Waals surface area contributed by atoms with E-state index < -0.39 is 5.97 Å². The summed E-state index contributed by atoms with van der Waals surface area (Å²) in [5.74, 6) is -0.503. The van der Waals surface area contributed by atoms with Crippen LogP contribution in [0.15, 0.2) is 0 Å². The van der Waals surface area contributed by atoms with Crippen molar-refractivity contribution in [3.63, 3.8) is 0 Å². The lowest BCUT2D eigenvalue weighted by Crippen LogP contribution is -2.31. The molecule has 0 bridgehead atoms. The Kier molecular flexibility index (Phi) is 10.9. The average molecular weight is 272 g/mol. The lowest BCUT2D eigenvalue weighted by molar-refractivity contribution is -0.148. The van der Waals surface area contributed by atoms with Gasteiger partial charge in [-0.15, -0.1) is 0 Å². The number of ether oxygens (including phenoxy) is 1. The predicted molar refractivity (Wildman–Crippen MR) is 79.4 cm³/mol. The molecule has 1 N–H and O–H groups in total. The average Bonchev–Trinajstić information content (AvgIpc) is 2.39. The zero-order chi connectivity index (χ0) is 14.7. The van der Waals surface area contributed by atoms with Crippen LogP contribution in [-0.4, -0.2) is 23.8 Å². The fourth-order valence-corrected chi connectivity index (χ4v) is 2.44. The van der Waals surface area contributed by atoms with E-state index in [9.17, 15) is 9.90 Å². The summed E-state index contributed by atoms with van der Waals surface area (Å²) in [6.07, 6.45) is 7.08. The third-order valence-corrected chi connectivity index (χ3v) is 3.87. The van der Waals surface area contributed by atoms with Gasteiger partial charge in [0.1, 0.15) is 0 Å². The smallest absolute Gasteiger partial charge is 0.309 e. The molecule has 0 aromatic rings. The van der Waals surface area contributed by atoms with Gasteiger partial charge in [-0.25, -0.2) is 0 Å². The Morgan fingerprint density at radius 1 is 1.05 bits per heavy atom. The minimum Gasteiger partial charge on any atom is -0.481 e. The quantitative estimate of drug-likeness (QED) is 0.569. The Morgan fingerprint density at radius 3 is 2.16 bits per heavy atom. The fraction of sp³-hybridized carbons (Fsp3) is 0.938. The molecule has 0 saturated carbocycles. The van der Waals surface area contributed by atoms with E-state index >= 15 is 0 Å². The first-order valence-corrected chi connectivity index (χ1v) is 7.94. The van der Waals surface area contributed by atoms with Gasteiger partial charge in [0.15, 0.2) is 0 Å². The summed E-state index contributed by atoms with van der Waals surface area (Å²) in [6.45, 7) is 9.11. The third kappa shape index (κ3) is 7.56. The lowest BCUT2D eigenvalue weighted by atomic mass is 9.95. The molecule has 0 amide bonds. The molecule has 0 fully saturated rings. The van der Waals surface area contributed by atoms with Crippen LogP contribution in [0.25, 0.3) is 0 Å². The van der Waals surface area contributed by atoms with Crippen LogP contribution < -0.4 is 0 Å². The van der Waals surface area contributed by atoms with Crippen LogP contribution in [-0.2, 0) is 9.53 Å². The number of hydrogen-bond donors (Lipinski definition) is 1. The Morgan fingerprint density at radius 2 is 1.74 bits per heavy atom. The van der Waals surface area contributed by atoms with Crippen LogP contribution in [0.5, 0.6) is 0 Å². The predicted octanol–water partition coefficient (Wildman–Crippen LogP) is 4.50. The van der Waals surface area contributed by atoms with Crippen molar-refractivity contribution in [3.8, 4) is 0 Å². The van der Waals surface area contributed by atoms with Crippen LogP contribution in [0.1, 0.15) is 72.6 Å². The van der Waals surface area contributed by atoms with Gasteiger partial charge >= 0.3 is 5.97 Å². The molecule has 0 saturated heterocycles. The zero-order valence-electron chi connectivity index (χ0n) is 13.2. The summed E-state index contributed by atoms with van der Waals surface area (Å²) in [6, 6.07) is 0. The number of hydrogen-bond acceptors (Lipinski definition) is 2. The Balaban J connectivity index is 4.35. The van der Waals surface area contributed by atoms with Gasteiger partial charge in [0.25, 0.3) is 0 Å². The molecule has 0 aliphatic carbocycles. The monoisotopic (exact) mass is 272 g/mol. The van der Waals surface area contributed by atoms with Gasteiger partial charge in [-0.05, 0) is 25.2 Å². The Hall–Kier alpha value is -0.570. The number of aliphatic carboxylic acids is 1. The van der Waals surface area contributed by atoms with Crippen molar-refractivity contribution in [2.24, 2.45) is 11.8 Å². The minimum atomic E-state index is -0.720. The highest BCUT2D eigenvalue weighted by atomic mass is 16.5. The van der Waals surface area contributed by atoms with Crippen molar-refractivity contribution in [1.82, 2.24) is 0 Å². The van der Waals surface area contributed by atoms with Gasteiger partial charge < -0.3 is 9.84 Å². The van der Waals surface area contributed by atoms with E-state index in [1.165, 1.54) is 19.3 Å². The molecule has 0 aromatic carbocycles. The summed E-state index contributed by atoms with van der Waals surface area (Å²) in [5, 5.41) is 9.25. The molecule has 3 nitrogen and oxygen atoms in total. The lowest BCUT2D eigenvalue weighted by Gasteiger charge is -2.25. The second-order valence-corrected chi connectivity index (χ2v) is 5.43. The van der Waals surface area contributed by atoms with Crippen LogP contribution in [0.4, 0.5) is 0 Å². The van der Waals surface area contributed by atoms with E-state index in [0.29, 0.717) is 18.9 Å². The molecule has 0 aliphatic rings. The molecule has 0 spiro atoms. The summed E-state index contributed by atoms with van der Waals surface area (Å²) in [5.41, 5.74) is 0. The molecule has 0 rings (SSSR count). The summed E-state index contributed by atoms with van der Waals surface area (Å²) >= 11 is 0. The zero-order valence-corrected chi connectivity index (χ0v) is 13.2. The highest BCUT2D eigenvalue weighted by Crippen LogP contribution is 2.21. The van der Waals surface area contributed by atoms with Crippen molar-refractivity contribution in [3.05, 3.63) is 0 Å². The van der Waals surface area contributed by atoms with Crippen molar-refractivity contribution in [1.29, 1.82) is 0 Å². The van der Waals surface area contributed by atoms with Gasteiger partial charge in [0.05, 0.1) is 12.0 Å². The van der Waals surface area contributed by atoms with Gasteiger partial charge in [-0.2, -0.15) is 0 Å². The van der Waals surface area contributed by atoms with Gasteiger partial charge in [0, 0.05) is 6.61 Å². The molecule has 0 heterocycles. The summed E-state index contributed by atoms with van der Waals surface area (Å²) in [7, 11) is 0. The molecule has 0 aliphatic heterocycles. The maximum atomic E-state index is 11.3. The van der Waals surface area contributed by atoms with E-state index in [-0.39, 0.29) is 12.0 Å². The molecule has 0 aromatic heterocycles. The second kappa shape index (κ2) is 11.3. The van der Waals surface area contributed by atoms with Gasteiger partial charge in [-0.1, -0.05) is 53.4 Å². The molecule has 114 valence electrons. The third-order valence-electron chi connectivity index (χ3n) is 3.87. The van der Waals surface area contributed by atoms with Crippen LogP contribution in [0.3, 0.4) is 0 Å². The minimum absolute atomic E-state index is 0.122. The van der Waals surface area contributed by atoms with Gasteiger partial charge in [-0.3, -0.25) is 4.79 Å². The molecular formula is C16H32O3. The number of rotatable bonds is 12. The van der Waals surface area contributed by atoms with Gasteiger partial charge in [0.2, 0.25) is 0 Å². The van der Waals surface area contributed by atoms with E-state index in [1.807, 2.05) is 6.92 Å². The number of unbranched alkanes of at least 4 members (excludes halogenated alkanes) is 1. The van der Waals surface area contributed by atoms with E-state index in [4.69, 9.17) is 4.74 Å². The SMILES string of the molecule is CCCCC(CC)COC(CCC)C(CC)C(=O)O. The second-order valence-electron chi connectivity index (χ2n) is 5.43. The number of carboxylic acids is 1. The van der Waals surface area contributed by atoms with E-state index in [2.05, 4.69) is 20.8 Å². The Bertz CT molecular complexity index is 228. The molecule has 3 unspecified atom stereocenters. The molecule has 0 radical (unpaired) electrons. The maximum Gasteiger partial charge on any atom is 0.309 e.